The van der Waals surface area contributed by atoms with E-state index in [2.05, 4.69) is 187 Å². The molecule has 0 spiro atoms. The fourth-order valence-electron chi connectivity index (χ4n) is 8.18. The van der Waals surface area contributed by atoms with Crippen molar-refractivity contribution in [2.45, 2.75) is 5.41 Å². The molecule has 0 unspecified atom stereocenters. The highest BCUT2D eigenvalue weighted by Crippen LogP contribution is 2.56. The third-order valence-electron chi connectivity index (χ3n) is 10.3. The zero-order valence-electron chi connectivity index (χ0n) is 26.7. The molecule has 2 nitrogen and oxygen atoms in total. The first kappa shape index (κ1) is 27.7. The average Bonchev–Trinajstić information content (AvgIpc) is 3.70. The highest BCUT2D eigenvalue weighted by Gasteiger charge is 2.45. The van der Waals surface area contributed by atoms with Crippen LogP contribution in [0.25, 0.3) is 55.0 Å². The zero-order chi connectivity index (χ0) is 32.4. The Morgan fingerprint density at radius 1 is 0.388 bits per heavy atom. The van der Waals surface area contributed by atoms with Gasteiger partial charge in [0.1, 0.15) is 11.2 Å². The molecule has 1 aromatic heterocycles. The van der Waals surface area contributed by atoms with Gasteiger partial charge >= 0.3 is 0 Å². The highest BCUT2D eigenvalue weighted by atomic mass is 16.3. The SMILES string of the molecule is c1ccc(C2(c3ccccc3)c3ccccc3-c3cc(Nc4ccc(-c5cccc6c5oc5c7ccccc7ccc65)cc4)ccc32)cc1. The summed E-state index contributed by atoms with van der Waals surface area (Å²) >= 11 is 0. The summed E-state index contributed by atoms with van der Waals surface area (Å²) in [6.45, 7) is 0. The molecule has 0 saturated heterocycles. The molecule has 2 heteroatoms. The van der Waals surface area contributed by atoms with E-state index in [4.69, 9.17) is 4.42 Å². The number of hydrogen-bond acceptors (Lipinski definition) is 2. The molecule has 0 radical (unpaired) electrons. The molecule has 230 valence electrons. The van der Waals surface area contributed by atoms with Crippen LogP contribution in [0.5, 0.6) is 0 Å². The minimum absolute atomic E-state index is 0.390. The molecule has 0 amide bonds. The standard InChI is InChI=1S/C47H31NO/c1-3-13-33(14-4-1)47(34-15-5-2-6-16-34)43-21-10-9-18-39(43)42-30-36(27-29-44(42)47)48-35-25-22-32(23-26-35)38-19-11-20-40-41-28-24-31-12-7-8-17-37(31)46(41)49-45(38)40/h1-30,48H. The molecule has 1 N–H and O–H groups in total. The number of benzene rings is 8. The summed E-state index contributed by atoms with van der Waals surface area (Å²) in [4.78, 5) is 0. The number of fused-ring (bicyclic) bond motifs is 8. The maximum absolute atomic E-state index is 6.61. The van der Waals surface area contributed by atoms with Gasteiger partial charge in [-0.05, 0) is 74.7 Å². The van der Waals surface area contributed by atoms with Gasteiger partial charge in [0.05, 0.1) is 5.41 Å². The summed E-state index contributed by atoms with van der Waals surface area (Å²) in [6, 6.07) is 65.5. The molecule has 1 aliphatic carbocycles. The number of hydrogen-bond donors (Lipinski definition) is 1. The van der Waals surface area contributed by atoms with Crippen molar-refractivity contribution in [2.75, 3.05) is 5.32 Å². The Bertz CT molecular complexity index is 2630. The Balaban J connectivity index is 1.03. The Kier molecular flexibility index (Phi) is 6.13. The van der Waals surface area contributed by atoms with E-state index in [0.717, 1.165) is 49.8 Å². The number of rotatable bonds is 5. The van der Waals surface area contributed by atoms with Crippen molar-refractivity contribution in [3.05, 3.63) is 204 Å². The molecule has 8 aromatic carbocycles. The number of para-hydroxylation sites is 1. The minimum Gasteiger partial charge on any atom is -0.455 e. The third kappa shape index (κ3) is 4.14. The van der Waals surface area contributed by atoms with Crippen LogP contribution >= 0.6 is 0 Å². The van der Waals surface area contributed by atoms with Crippen LogP contribution in [0.3, 0.4) is 0 Å². The smallest absolute Gasteiger partial charge is 0.143 e. The molecule has 9 aromatic rings. The van der Waals surface area contributed by atoms with Crippen LogP contribution in [0.2, 0.25) is 0 Å². The van der Waals surface area contributed by atoms with Gasteiger partial charge in [0.15, 0.2) is 0 Å². The van der Waals surface area contributed by atoms with Crippen molar-refractivity contribution >= 4 is 44.1 Å². The van der Waals surface area contributed by atoms with E-state index in [1.165, 1.54) is 38.8 Å². The Morgan fingerprint density at radius 2 is 1.00 bits per heavy atom. The monoisotopic (exact) mass is 625 g/mol. The molecule has 0 saturated carbocycles. The topological polar surface area (TPSA) is 25.2 Å². The first-order valence-electron chi connectivity index (χ1n) is 16.8. The van der Waals surface area contributed by atoms with Gasteiger partial charge in [0.25, 0.3) is 0 Å². The fraction of sp³-hybridized carbons (Fsp3) is 0.0213. The predicted octanol–water partition coefficient (Wildman–Crippen LogP) is 12.5. The van der Waals surface area contributed by atoms with Crippen LogP contribution in [0, 0.1) is 0 Å². The van der Waals surface area contributed by atoms with E-state index in [-0.39, 0.29) is 0 Å². The Morgan fingerprint density at radius 3 is 1.80 bits per heavy atom. The van der Waals surface area contributed by atoms with Gasteiger partial charge in [0, 0.05) is 33.1 Å². The lowest BCUT2D eigenvalue weighted by molar-refractivity contribution is 0.674. The molecule has 1 heterocycles. The summed E-state index contributed by atoms with van der Waals surface area (Å²) in [5, 5.41) is 8.32. The summed E-state index contributed by atoms with van der Waals surface area (Å²) in [5.74, 6) is 0. The Labute approximate surface area is 284 Å². The van der Waals surface area contributed by atoms with E-state index in [0.29, 0.717) is 0 Å². The maximum atomic E-state index is 6.61. The second kappa shape index (κ2) is 10.8. The number of nitrogens with one attached hydrogen (secondary N) is 1. The summed E-state index contributed by atoms with van der Waals surface area (Å²) < 4.78 is 6.61. The van der Waals surface area contributed by atoms with Crippen LogP contribution < -0.4 is 5.32 Å². The fourth-order valence-corrected chi connectivity index (χ4v) is 8.18. The van der Waals surface area contributed by atoms with Gasteiger partial charge in [0.2, 0.25) is 0 Å². The molecule has 0 aliphatic heterocycles. The minimum atomic E-state index is -0.390. The predicted molar refractivity (Wildman–Crippen MR) is 204 cm³/mol. The van der Waals surface area contributed by atoms with Crippen molar-refractivity contribution in [1.82, 2.24) is 0 Å². The normalized spacial score (nSPS) is 13.1. The summed E-state index contributed by atoms with van der Waals surface area (Å²) in [7, 11) is 0. The molecular weight excluding hydrogens is 595 g/mol. The lowest BCUT2D eigenvalue weighted by atomic mass is 9.68. The molecule has 49 heavy (non-hydrogen) atoms. The molecule has 10 rings (SSSR count). The van der Waals surface area contributed by atoms with Gasteiger partial charge < -0.3 is 9.73 Å². The van der Waals surface area contributed by atoms with Crippen molar-refractivity contribution in [2.24, 2.45) is 0 Å². The first-order valence-corrected chi connectivity index (χ1v) is 16.8. The van der Waals surface area contributed by atoms with Gasteiger partial charge in [-0.3, -0.25) is 0 Å². The Hall–Kier alpha value is -6.38. The lowest BCUT2D eigenvalue weighted by Crippen LogP contribution is -2.28. The second-order valence-corrected chi connectivity index (χ2v) is 12.9. The van der Waals surface area contributed by atoms with Gasteiger partial charge in [-0.2, -0.15) is 0 Å². The lowest BCUT2D eigenvalue weighted by Gasteiger charge is -2.33. The zero-order valence-corrected chi connectivity index (χ0v) is 26.7. The highest BCUT2D eigenvalue weighted by molar-refractivity contribution is 6.17. The molecule has 0 bridgehead atoms. The van der Waals surface area contributed by atoms with Gasteiger partial charge in [-0.25, -0.2) is 0 Å². The number of furan rings is 1. The van der Waals surface area contributed by atoms with Crippen molar-refractivity contribution < 1.29 is 4.42 Å². The molecule has 0 fully saturated rings. The van der Waals surface area contributed by atoms with Crippen molar-refractivity contribution in [3.8, 4) is 22.3 Å². The molecule has 0 atom stereocenters. The third-order valence-corrected chi connectivity index (χ3v) is 10.3. The van der Waals surface area contributed by atoms with E-state index >= 15 is 0 Å². The van der Waals surface area contributed by atoms with Crippen LogP contribution in [-0.4, -0.2) is 0 Å². The van der Waals surface area contributed by atoms with Gasteiger partial charge in [-0.1, -0.05) is 152 Å². The van der Waals surface area contributed by atoms with Crippen LogP contribution in [0.4, 0.5) is 11.4 Å². The van der Waals surface area contributed by atoms with Crippen LogP contribution in [0.1, 0.15) is 22.3 Å². The van der Waals surface area contributed by atoms with E-state index in [9.17, 15) is 0 Å². The summed E-state index contributed by atoms with van der Waals surface area (Å²) in [5.41, 5.74) is 13.5. The first-order chi connectivity index (χ1) is 24.3. The largest absolute Gasteiger partial charge is 0.455 e. The van der Waals surface area contributed by atoms with E-state index in [1.807, 2.05) is 0 Å². The van der Waals surface area contributed by atoms with E-state index in [1.54, 1.807) is 0 Å². The van der Waals surface area contributed by atoms with E-state index < -0.39 is 5.41 Å². The average molecular weight is 626 g/mol. The summed E-state index contributed by atoms with van der Waals surface area (Å²) in [6.07, 6.45) is 0. The van der Waals surface area contributed by atoms with Crippen molar-refractivity contribution in [1.29, 1.82) is 0 Å². The second-order valence-electron chi connectivity index (χ2n) is 12.9. The maximum Gasteiger partial charge on any atom is 0.143 e. The van der Waals surface area contributed by atoms with Crippen molar-refractivity contribution in [3.63, 3.8) is 0 Å². The molecule has 1 aliphatic rings. The number of anilines is 2. The molecular formula is C47H31NO. The van der Waals surface area contributed by atoms with Crippen LogP contribution in [-0.2, 0) is 5.41 Å². The van der Waals surface area contributed by atoms with Crippen LogP contribution in [0.15, 0.2) is 186 Å². The van der Waals surface area contributed by atoms with Gasteiger partial charge in [-0.15, -0.1) is 0 Å². The quantitative estimate of drug-likeness (QED) is 0.206.